The molecule has 0 aliphatic carbocycles. The number of benzene rings is 1. The Labute approximate surface area is 158 Å². The van der Waals surface area contributed by atoms with Crippen molar-refractivity contribution in [3.8, 4) is 5.75 Å². The summed E-state index contributed by atoms with van der Waals surface area (Å²) >= 11 is 0. The van der Waals surface area contributed by atoms with Crippen LogP contribution in [0.3, 0.4) is 0 Å². The minimum atomic E-state index is -3.79. The molecule has 0 saturated carbocycles. The van der Waals surface area contributed by atoms with Crippen LogP contribution >= 0.6 is 0 Å². The van der Waals surface area contributed by atoms with Crippen LogP contribution in [0, 0.1) is 0 Å². The first-order valence-corrected chi connectivity index (χ1v) is 9.91. The first-order chi connectivity index (χ1) is 12.9. The monoisotopic (exact) mass is 390 g/mol. The molecule has 1 aliphatic rings. The Morgan fingerprint density at radius 2 is 2.15 bits per heavy atom. The number of nitrogens with zero attached hydrogens (tertiary/aromatic N) is 2. The van der Waals surface area contributed by atoms with Crippen molar-refractivity contribution < 1.29 is 17.9 Å². The molecule has 1 amide bonds. The quantitative estimate of drug-likeness (QED) is 0.793. The van der Waals surface area contributed by atoms with Crippen molar-refractivity contribution in [2.75, 3.05) is 14.2 Å². The van der Waals surface area contributed by atoms with Crippen LogP contribution in [0.25, 0.3) is 0 Å². The topological polar surface area (TPSA) is 101 Å². The normalized spacial score (nSPS) is 22.1. The molecule has 1 aromatic heterocycles. The van der Waals surface area contributed by atoms with Gasteiger partial charge in [-0.1, -0.05) is 18.2 Å². The van der Waals surface area contributed by atoms with Crippen molar-refractivity contribution in [1.29, 1.82) is 0 Å². The number of rotatable bonds is 5. The number of nitrogens with one attached hydrogen (secondary N) is 2. The molecular weight excluding hydrogens is 368 g/mol. The fourth-order valence-corrected chi connectivity index (χ4v) is 4.26. The van der Waals surface area contributed by atoms with E-state index in [0.29, 0.717) is 17.9 Å². The summed E-state index contributed by atoms with van der Waals surface area (Å²) in [6, 6.07) is 11.2. The molecule has 1 fully saturated rings. The zero-order chi connectivity index (χ0) is 19.4. The molecule has 2 N–H and O–H groups in total. The standard InChI is InChI=1S/C18H22N4O4S/c1-22-17(18(23)20-12-14-7-3-4-9-19-14)11-16(21-27(22,24)25)13-6-5-8-15(10-13)26-2/h3-10,16-17,21H,11-12H2,1-2H3,(H,20,23). The highest BCUT2D eigenvalue weighted by Crippen LogP contribution is 2.29. The third-order valence-electron chi connectivity index (χ3n) is 4.54. The minimum absolute atomic E-state index is 0.237. The Hall–Kier alpha value is -2.49. The van der Waals surface area contributed by atoms with E-state index < -0.39 is 22.3 Å². The van der Waals surface area contributed by atoms with E-state index in [2.05, 4.69) is 15.0 Å². The molecule has 2 atom stereocenters. The van der Waals surface area contributed by atoms with Crippen LogP contribution in [-0.4, -0.2) is 43.8 Å². The molecule has 1 aliphatic heterocycles. The van der Waals surface area contributed by atoms with E-state index in [9.17, 15) is 13.2 Å². The number of carbonyl (C=O) groups is 1. The molecule has 3 rings (SSSR count). The van der Waals surface area contributed by atoms with Crippen molar-refractivity contribution in [3.05, 3.63) is 59.9 Å². The summed E-state index contributed by atoms with van der Waals surface area (Å²) in [6.07, 6.45) is 1.94. The van der Waals surface area contributed by atoms with Gasteiger partial charge in [-0.2, -0.15) is 17.4 Å². The molecule has 144 valence electrons. The molecule has 0 radical (unpaired) electrons. The second-order valence-electron chi connectivity index (χ2n) is 6.26. The molecule has 2 heterocycles. The van der Waals surface area contributed by atoms with Crippen LogP contribution in [0.4, 0.5) is 0 Å². The van der Waals surface area contributed by atoms with Crippen molar-refractivity contribution in [3.63, 3.8) is 0 Å². The van der Waals surface area contributed by atoms with Gasteiger partial charge < -0.3 is 10.1 Å². The van der Waals surface area contributed by atoms with Crippen molar-refractivity contribution >= 4 is 16.1 Å². The van der Waals surface area contributed by atoms with Gasteiger partial charge in [0.2, 0.25) is 5.91 Å². The summed E-state index contributed by atoms with van der Waals surface area (Å²) in [7, 11) is -0.844. The van der Waals surface area contributed by atoms with Crippen molar-refractivity contribution in [1.82, 2.24) is 19.3 Å². The minimum Gasteiger partial charge on any atom is -0.497 e. The summed E-state index contributed by atoms with van der Waals surface area (Å²) in [4.78, 5) is 16.8. The van der Waals surface area contributed by atoms with Crippen LogP contribution in [0.2, 0.25) is 0 Å². The zero-order valence-electron chi connectivity index (χ0n) is 15.1. The lowest BCUT2D eigenvalue weighted by atomic mass is 9.99. The Bertz CT molecular complexity index is 905. The lowest BCUT2D eigenvalue weighted by molar-refractivity contribution is -0.125. The fourth-order valence-electron chi connectivity index (χ4n) is 2.98. The van der Waals surface area contributed by atoms with E-state index in [4.69, 9.17) is 4.74 Å². The molecule has 0 bridgehead atoms. The van der Waals surface area contributed by atoms with Crippen LogP contribution in [0.15, 0.2) is 48.7 Å². The number of hydrogen-bond acceptors (Lipinski definition) is 5. The number of ether oxygens (including phenoxy) is 1. The number of pyridine rings is 1. The van der Waals surface area contributed by atoms with E-state index in [0.717, 1.165) is 9.87 Å². The summed E-state index contributed by atoms with van der Waals surface area (Å²) in [6.45, 7) is 0.237. The lowest BCUT2D eigenvalue weighted by Gasteiger charge is -2.36. The molecule has 0 spiro atoms. The molecule has 27 heavy (non-hydrogen) atoms. The Kier molecular flexibility index (Phi) is 5.73. The van der Waals surface area contributed by atoms with E-state index in [-0.39, 0.29) is 12.5 Å². The Balaban J connectivity index is 1.77. The molecule has 2 unspecified atom stereocenters. The Morgan fingerprint density at radius 1 is 1.33 bits per heavy atom. The van der Waals surface area contributed by atoms with E-state index >= 15 is 0 Å². The number of aromatic nitrogens is 1. The van der Waals surface area contributed by atoms with Crippen LogP contribution in [0.5, 0.6) is 5.75 Å². The van der Waals surface area contributed by atoms with Gasteiger partial charge in [-0.15, -0.1) is 0 Å². The van der Waals surface area contributed by atoms with Gasteiger partial charge in [0.15, 0.2) is 0 Å². The first-order valence-electron chi connectivity index (χ1n) is 8.47. The van der Waals surface area contributed by atoms with Gasteiger partial charge in [0.25, 0.3) is 10.2 Å². The number of methoxy groups -OCH3 is 1. The van der Waals surface area contributed by atoms with Gasteiger partial charge in [0.05, 0.1) is 25.4 Å². The molecule has 1 aromatic carbocycles. The van der Waals surface area contributed by atoms with Gasteiger partial charge in [-0.05, 0) is 36.2 Å². The van der Waals surface area contributed by atoms with Crippen molar-refractivity contribution in [2.45, 2.75) is 25.0 Å². The third kappa shape index (κ3) is 4.44. The molecule has 8 nitrogen and oxygen atoms in total. The zero-order valence-corrected chi connectivity index (χ0v) is 15.9. The summed E-state index contributed by atoms with van der Waals surface area (Å²) in [5.41, 5.74) is 1.45. The second-order valence-corrected chi connectivity index (χ2v) is 8.02. The molecule has 2 aromatic rings. The fraction of sp³-hybridized carbons (Fsp3) is 0.333. The molecule has 9 heteroatoms. The predicted molar refractivity (Wildman–Crippen MR) is 100 cm³/mol. The van der Waals surface area contributed by atoms with E-state index in [1.807, 2.05) is 12.1 Å². The first kappa shape index (κ1) is 19.3. The number of likely N-dealkylation sites (N-methyl/N-ethyl adjacent to an activating group) is 1. The third-order valence-corrected chi connectivity index (χ3v) is 6.13. The van der Waals surface area contributed by atoms with Gasteiger partial charge >= 0.3 is 0 Å². The number of amides is 1. The van der Waals surface area contributed by atoms with Crippen molar-refractivity contribution in [2.24, 2.45) is 0 Å². The van der Waals surface area contributed by atoms with Gasteiger partial charge in [-0.3, -0.25) is 9.78 Å². The smallest absolute Gasteiger partial charge is 0.280 e. The van der Waals surface area contributed by atoms with Crippen LogP contribution in [0.1, 0.15) is 23.7 Å². The maximum atomic E-state index is 12.7. The Morgan fingerprint density at radius 3 is 2.85 bits per heavy atom. The van der Waals surface area contributed by atoms with E-state index in [1.54, 1.807) is 43.6 Å². The largest absolute Gasteiger partial charge is 0.497 e. The average Bonchev–Trinajstić information content (AvgIpc) is 2.68. The SMILES string of the molecule is COc1cccc(C2CC(C(=O)NCc3ccccn3)N(C)S(=O)(=O)N2)c1. The van der Waals surface area contributed by atoms with Gasteiger partial charge in [-0.25, -0.2) is 0 Å². The van der Waals surface area contributed by atoms with Crippen LogP contribution < -0.4 is 14.8 Å². The van der Waals surface area contributed by atoms with Gasteiger partial charge in [0, 0.05) is 13.2 Å². The maximum absolute atomic E-state index is 12.7. The predicted octanol–water partition coefficient (Wildman–Crippen LogP) is 0.986. The van der Waals surface area contributed by atoms with Crippen LogP contribution in [-0.2, 0) is 21.5 Å². The number of hydrogen-bond donors (Lipinski definition) is 2. The molecule has 1 saturated heterocycles. The second kappa shape index (κ2) is 8.03. The summed E-state index contributed by atoms with van der Waals surface area (Å²) in [5.74, 6) is 0.267. The average molecular weight is 390 g/mol. The summed E-state index contributed by atoms with van der Waals surface area (Å²) < 4.78 is 33.9. The highest BCUT2D eigenvalue weighted by Gasteiger charge is 2.40. The van der Waals surface area contributed by atoms with Gasteiger partial charge in [0.1, 0.15) is 11.8 Å². The summed E-state index contributed by atoms with van der Waals surface area (Å²) in [5, 5.41) is 2.77. The highest BCUT2D eigenvalue weighted by molar-refractivity contribution is 7.87. The highest BCUT2D eigenvalue weighted by atomic mass is 32.2. The lowest BCUT2D eigenvalue weighted by Crippen LogP contribution is -2.57. The number of carbonyl (C=O) groups excluding carboxylic acids is 1. The van der Waals surface area contributed by atoms with E-state index in [1.165, 1.54) is 7.05 Å². The maximum Gasteiger partial charge on any atom is 0.280 e. The molecular formula is C18H22N4O4S.